The van der Waals surface area contributed by atoms with Crippen LogP contribution >= 0.6 is 0 Å². The molecular weight excluding hydrogens is 740 g/mol. The topological polar surface area (TPSA) is 163 Å². The van der Waals surface area contributed by atoms with Gasteiger partial charge in [0.2, 0.25) is 11.8 Å². The summed E-state index contributed by atoms with van der Waals surface area (Å²) in [6, 6.07) is 11.8. The van der Waals surface area contributed by atoms with Crippen LogP contribution < -0.4 is 21.2 Å². The summed E-state index contributed by atoms with van der Waals surface area (Å²) in [7, 11) is 1.77. The Labute approximate surface area is 334 Å². The van der Waals surface area contributed by atoms with Crippen LogP contribution in [-0.4, -0.2) is 79.2 Å². The molecule has 1 atom stereocenters. The van der Waals surface area contributed by atoms with Crippen molar-refractivity contribution in [2.75, 3.05) is 42.9 Å². The normalized spacial score (nSPS) is 22.6. The molecule has 4 aliphatic rings. The molecule has 2 aromatic carbocycles. The van der Waals surface area contributed by atoms with E-state index in [9.17, 15) is 19.2 Å². The van der Waals surface area contributed by atoms with Crippen molar-refractivity contribution in [1.82, 2.24) is 34.1 Å². The van der Waals surface area contributed by atoms with Gasteiger partial charge in [0.25, 0.3) is 5.91 Å². The number of rotatable bonds is 7. The molecule has 1 unspecified atom stereocenters. The Morgan fingerprint density at radius 1 is 1.00 bits per heavy atom. The summed E-state index contributed by atoms with van der Waals surface area (Å²) in [4.78, 5) is 59.8. The molecule has 1 spiro atoms. The Morgan fingerprint density at radius 3 is 2.50 bits per heavy atom. The summed E-state index contributed by atoms with van der Waals surface area (Å²) in [5.74, 6) is -1.19. The average Bonchev–Trinajstić information content (AvgIpc) is 3.76. The quantitative estimate of drug-likeness (QED) is 0.205. The first kappa shape index (κ1) is 37.7. The second-order valence-corrected chi connectivity index (χ2v) is 16.8. The lowest BCUT2D eigenvalue weighted by atomic mass is 9.71. The molecule has 3 aromatic heterocycles. The molecule has 0 radical (unpaired) electrons. The number of hydrogen-bond acceptors (Lipinski definition) is 9. The third kappa shape index (κ3) is 7.03. The molecule has 4 fully saturated rings. The van der Waals surface area contributed by atoms with Crippen LogP contribution in [0.1, 0.15) is 92.2 Å². The number of fused-ring (bicyclic) bond motifs is 2. The number of pyridine rings is 1. The Morgan fingerprint density at radius 2 is 1.76 bits per heavy atom. The SMILES string of the molecule is Cn1c(=O)n(C2CCC(=O)NC2=O)c2cccc(N3CCC4(CCN(C[C@H]5CC[C@H](n6cc7cc(NC(=O)c8cncc(C#N)c8)c(F)cc7n6)CC5)CC4)CC3)c21. The zero-order valence-corrected chi connectivity index (χ0v) is 32.6. The number of nitrogens with one attached hydrogen (secondary N) is 2. The number of aryl methyl sites for hydroxylation is 1. The molecule has 1 aliphatic carbocycles. The molecule has 5 aromatic rings. The van der Waals surface area contributed by atoms with E-state index >= 15 is 4.39 Å². The van der Waals surface area contributed by atoms with E-state index in [1.54, 1.807) is 22.2 Å². The Kier molecular flexibility index (Phi) is 9.83. The molecule has 0 bridgehead atoms. The monoisotopic (exact) mass is 786 g/mol. The fourth-order valence-electron chi connectivity index (χ4n) is 9.96. The van der Waals surface area contributed by atoms with Gasteiger partial charge in [0.1, 0.15) is 17.9 Å². The van der Waals surface area contributed by atoms with Crippen LogP contribution in [0.15, 0.2) is 59.8 Å². The Bertz CT molecular complexity index is 2530. The van der Waals surface area contributed by atoms with E-state index < -0.39 is 23.7 Å². The number of amides is 3. The van der Waals surface area contributed by atoms with Crippen LogP contribution in [0.25, 0.3) is 21.9 Å². The Balaban J connectivity index is 0.771. The van der Waals surface area contributed by atoms with Gasteiger partial charge >= 0.3 is 5.69 Å². The molecule has 6 heterocycles. The van der Waals surface area contributed by atoms with Gasteiger partial charge in [-0.1, -0.05) is 6.07 Å². The van der Waals surface area contributed by atoms with Crippen molar-refractivity contribution in [1.29, 1.82) is 5.26 Å². The highest BCUT2D eigenvalue weighted by Crippen LogP contribution is 2.44. The first-order valence-corrected chi connectivity index (χ1v) is 20.4. The van der Waals surface area contributed by atoms with E-state index in [4.69, 9.17) is 10.4 Å². The smallest absolute Gasteiger partial charge is 0.329 e. The van der Waals surface area contributed by atoms with Crippen molar-refractivity contribution in [2.24, 2.45) is 18.4 Å². The van der Waals surface area contributed by atoms with Crippen molar-refractivity contribution >= 4 is 51.0 Å². The van der Waals surface area contributed by atoms with Gasteiger partial charge in [-0.3, -0.25) is 38.5 Å². The standard InChI is InChI=1S/C43H47FN10O4/c1-50-39-35(3-2-4-36(39)54(42(50)58)37-9-10-38(55)48-41(37)57)52-17-13-43(14-18-52)11-15-51(16-12-43)25-27-5-7-31(8-6-27)53-26-30-20-34(32(44)21-33(30)49-53)47-40(56)29-19-28(22-45)23-46-24-29/h2-4,19-21,23-24,26-27,31,37H,5-18,25H2,1H3,(H,47,56)(H,48,55,57)/t27-,31-,37?. The number of carbonyl (C=O) groups excluding carboxylic acids is 3. The predicted octanol–water partition coefficient (Wildman–Crippen LogP) is 5.44. The van der Waals surface area contributed by atoms with Gasteiger partial charge in [-0.2, -0.15) is 10.4 Å². The van der Waals surface area contributed by atoms with E-state index in [0.717, 1.165) is 93.4 Å². The van der Waals surface area contributed by atoms with Gasteiger partial charge in [0.15, 0.2) is 0 Å². The molecule has 3 saturated heterocycles. The highest BCUT2D eigenvalue weighted by atomic mass is 19.1. The average molecular weight is 787 g/mol. The molecular formula is C43H47FN10O4. The maximum absolute atomic E-state index is 15.1. The van der Waals surface area contributed by atoms with Crippen LogP contribution in [0, 0.1) is 28.5 Å². The number of imide groups is 1. The van der Waals surface area contributed by atoms with Gasteiger partial charge in [-0.25, -0.2) is 9.18 Å². The number of anilines is 2. The van der Waals surface area contributed by atoms with Gasteiger partial charge in [-0.05, 0) is 106 Å². The summed E-state index contributed by atoms with van der Waals surface area (Å²) >= 11 is 0. The van der Waals surface area contributed by atoms with Crippen molar-refractivity contribution in [3.05, 3.63) is 82.4 Å². The number of para-hydroxylation sites is 1. The number of likely N-dealkylation sites (tertiary alicyclic amines) is 1. The molecule has 58 heavy (non-hydrogen) atoms. The number of carbonyl (C=O) groups is 3. The number of aromatic nitrogens is 5. The lowest BCUT2D eigenvalue weighted by Gasteiger charge is -2.48. The van der Waals surface area contributed by atoms with Crippen LogP contribution in [-0.2, 0) is 16.6 Å². The van der Waals surface area contributed by atoms with E-state index in [2.05, 4.69) is 31.5 Å². The lowest BCUT2D eigenvalue weighted by Crippen LogP contribution is -2.48. The third-order valence-electron chi connectivity index (χ3n) is 13.4. The summed E-state index contributed by atoms with van der Waals surface area (Å²) in [5, 5.41) is 19.6. The minimum atomic E-state index is -0.697. The van der Waals surface area contributed by atoms with E-state index in [0.29, 0.717) is 23.3 Å². The summed E-state index contributed by atoms with van der Waals surface area (Å²) in [5.41, 5.74) is 3.71. The summed E-state index contributed by atoms with van der Waals surface area (Å²) in [6.45, 7) is 5.16. The fraction of sp³-hybridized carbons (Fsp3) is 0.465. The minimum Gasteiger partial charge on any atom is -0.370 e. The van der Waals surface area contributed by atoms with E-state index in [1.165, 1.54) is 37.4 Å². The van der Waals surface area contributed by atoms with Crippen LogP contribution in [0.4, 0.5) is 15.8 Å². The predicted molar refractivity (Wildman–Crippen MR) is 216 cm³/mol. The van der Waals surface area contributed by atoms with E-state index in [-0.39, 0.29) is 40.9 Å². The highest BCUT2D eigenvalue weighted by Gasteiger charge is 2.39. The molecule has 15 heteroatoms. The minimum absolute atomic E-state index is 0.0574. The number of piperidine rings is 3. The van der Waals surface area contributed by atoms with E-state index in [1.807, 2.05) is 29.1 Å². The molecule has 9 rings (SSSR count). The molecule has 1 saturated carbocycles. The zero-order chi connectivity index (χ0) is 40.1. The lowest BCUT2D eigenvalue weighted by molar-refractivity contribution is -0.135. The number of imidazole rings is 1. The Hall–Kier alpha value is -5.88. The van der Waals surface area contributed by atoms with Crippen LogP contribution in [0.3, 0.4) is 0 Å². The molecule has 2 N–H and O–H groups in total. The first-order chi connectivity index (χ1) is 28.1. The number of halogens is 1. The maximum Gasteiger partial charge on any atom is 0.329 e. The number of nitrogens with zero attached hydrogens (tertiary/aromatic N) is 8. The summed E-state index contributed by atoms with van der Waals surface area (Å²) < 4.78 is 20.2. The number of nitriles is 1. The molecule has 14 nitrogen and oxygen atoms in total. The van der Waals surface area contributed by atoms with Crippen molar-refractivity contribution in [2.45, 2.75) is 76.3 Å². The molecule has 3 aliphatic heterocycles. The second kappa shape index (κ2) is 15.1. The summed E-state index contributed by atoms with van der Waals surface area (Å²) in [6.07, 6.45) is 14.0. The molecule has 3 amide bonds. The van der Waals surface area contributed by atoms with Gasteiger partial charge < -0.3 is 15.1 Å². The highest BCUT2D eigenvalue weighted by molar-refractivity contribution is 6.05. The number of hydrogen-bond donors (Lipinski definition) is 2. The number of benzene rings is 2. The van der Waals surface area contributed by atoms with Gasteiger partial charge in [0, 0.05) is 63.1 Å². The maximum atomic E-state index is 15.1. The van der Waals surface area contributed by atoms with Crippen molar-refractivity contribution in [3.8, 4) is 6.07 Å². The van der Waals surface area contributed by atoms with Gasteiger partial charge in [-0.15, -0.1) is 0 Å². The van der Waals surface area contributed by atoms with Crippen molar-refractivity contribution in [3.63, 3.8) is 0 Å². The largest absolute Gasteiger partial charge is 0.370 e. The van der Waals surface area contributed by atoms with Crippen LogP contribution in [0.5, 0.6) is 0 Å². The third-order valence-corrected chi connectivity index (χ3v) is 13.4. The fourth-order valence-corrected chi connectivity index (χ4v) is 9.96. The second-order valence-electron chi connectivity index (χ2n) is 16.8. The zero-order valence-electron chi connectivity index (χ0n) is 32.6. The van der Waals surface area contributed by atoms with Crippen LogP contribution in [0.2, 0.25) is 0 Å². The van der Waals surface area contributed by atoms with Crippen molar-refractivity contribution < 1.29 is 18.8 Å². The van der Waals surface area contributed by atoms with Gasteiger partial charge in [0.05, 0.1) is 45.1 Å². The first-order valence-electron chi connectivity index (χ1n) is 20.4. The molecule has 300 valence electrons.